The van der Waals surface area contributed by atoms with Gasteiger partial charge < -0.3 is 14.6 Å². The maximum Gasteiger partial charge on any atom is 0.341 e. The molecule has 0 aliphatic heterocycles. The Morgan fingerprint density at radius 2 is 1.77 bits per heavy atom. The normalized spacial score (nSPS) is 11.5. The summed E-state index contributed by atoms with van der Waals surface area (Å²) in [5.41, 5.74) is -0.110. The van der Waals surface area contributed by atoms with Crippen molar-refractivity contribution < 1.29 is 29.0 Å². The number of carbonyl (C=O) groups excluding carboxylic acids is 2. The van der Waals surface area contributed by atoms with Crippen LogP contribution in [-0.2, 0) is 23.9 Å². The average Bonchev–Trinajstić information content (AvgIpc) is 2.44. The summed E-state index contributed by atoms with van der Waals surface area (Å²) in [5, 5.41) is 8.38. The molecular formula is C16H26O6. The molecule has 0 radical (unpaired) electrons. The van der Waals surface area contributed by atoms with Crippen molar-refractivity contribution in [2.45, 2.75) is 64.9 Å². The number of esters is 2. The van der Waals surface area contributed by atoms with Gasteiger partial charge in [0.25, 0.3) is 0 Å². The number of carboxylic acids is 1. The van der Waals surface area contributed by atoms with E-state index in [0.717, 1.165) is 19.3 Å². The van der Waals surface area contributed by atoms with Crippen molar-refractivity contribution in [1.29, 1.82) is 0 Å². The molecule has 126 valence electrons. The Balaban J connectivity index is 3.88. The molecule has 6 nitrogen and oxygen atoms in total. The smallest absolute Gasteiger partial charge is 0.341 e. The summed E-state index contributed by atoms with van der Waals surface area (Å²) in [4.78, 5) is 33.2. The first-order valence-corrected chi connectivity index (χ1v) is 7.63. The Bertz CT molecular complexity index is 388. The van der Waals surface area contributed by atoms with Crippen LogP contribution in [-0.4, -0.2) is 35.7 Å². The van der Waals surface area contributed by atoms with Crippen LogP contribution in [0.25, 0.3) is 0 Å². The van der Waals surface area contributed by atoms with E-state index in [4.69, 9.17) is 9.84 Å². The molecule has 0 spiro atoms. The van der Waals surface area contributed by atoms with E-state index in [9.17, 15) is 14.4 Å². The minimum absolute atomic E-state index is 0.110. The summed E-state index contributed by atoms with van der Waals surface area (Å²) in [6.45, 7) is 6.62. The van der Waals surface area contributed by atoms with Crippen LogP contribution in [0.4, 0.5) is 0 Å². The van der Waals surface area contributed by atoms with Gasteiger partial charge in [-0.25, -0.2) is 9.59 Å². The number of rotatable bonds is 12. The van der Waals surface area contributed by atoms with Crippen molar-refractivity contribution in [2.75, 3.05) is 6.61 Å². The molecule has 0 aliphatic carbocycles. The van der Waals surface area contributed by atoms with Gasteiger partial charge >= 0.3 is 17.9 Å². The summed E-state index contributed by atoms with van der Waals surface area (Å²) in [5.74, 6) is -2.72. The fraction of sp³-hybridized carbons (Fsp3) is 0.688. The largest absolute Gasteiger partial charge is 0.479 e. The van der Waals surface area contributed by atoms with E-state index >= 15 is 0 Å². The van der Waals surface area contributed by atoms with Crippen molar-refractivity contribution in [3.05, 3.63) is 12.2 Å². The molecule has 0 rings (SSSR count). The van der Waals surface area contributed by atoms with Crippen molar-refractivity contribution >= 4 is 17.9 Å². The third-order valence-electron chi connectivity index (χ3n) is 3.02. The third kappa shape index (κ3) is 10.9. The Morgan fingerprint density at radius 1 is 1.14 bits per heavy atom. The lowest BCUT2D eigenvalue weighted by molar-refractivity contribution is -0.154. The van der Waals surface area contributed by atoms with Gasteiger partial charge in [-0.1, -0.05) is 39.2 Å². The first-order chi connectivity index (χ1) is 10.4. The van der Waals surface area contributed by atoms with Gasteiger partial charge in [0, 0.05) is 5.57 Å². The molecule has 0 fully saturated rings. The van der Waals surface area contributed by atoms with Crippen LogP contribution in [0.15, 0.2) is 12.2 Å². The minimum atomic E-state index is -1.26. The second-order valence-electron chi connectivity index (χ2n) is 5.25. The SMILES string of the molecule is C=C(CC(=O)O[C@H](C)CCCCCCC)C(=O)OCC(=O)O. The summed E-state index contributed by atoms with van der Waals surface area (Å²) in [6.07, 6.45) is 5.97. The number of carboxylic acid groups (broad SMARTS) is 1. The van der Waals surface area contributed by atoms with Gasteiger partial charge in [0.05, 0.1) is 12.5 Å². The second kappa shape index (κ2) is 11.8. The molecule has 1 N–H and O–H groups in total. The highest BCUT2D eigenvalue weighted by Gasteiger charge is 2.17. The molecule has 1 atom stereocenters. The quantitative estimate of drug-likeness (QED) is 0.338. The topological polar surface area (TPSA) is 89.9 Å². The lowest BCUT2D eigenvalue weighted by Crippen LogP contribution is -2.19. The predicted octanol–water partition coefficient (Wildman–Crippen LogP) is 2.85. The molecular weight excluding hydrogens is 288 g/mol. The zero-order valence-electron chi connectivity index (χ0n) is 13.4. The zero-order chi connectivity index (χ0) is 17.0. The van der Waals surface area contributed by atoms with Gasteiger partial charge in [-0.2, -0.15) is 0 Å². The summed E-state index contributed by atoms with van der Waals surface area (Å²) >= 11 is 0. The molecule has 0 aromatic heterocycles. The van der Waals surface area contributed by atoms with Crippen LogP contribution < -0.4 is 0 Å². The number of hydrogen-bond donors (Lipinski definition) is 1. The van der Waals surface area contributed by atoms with E-state index in [-0.39, 0.29) is 18.1 Å². The maximum atomic E-state index is 11.6. The van der Waals surface area contributed by atoms with Gasteiger partial charge in [0.15, 0.2) is 6.61 Å². The van der Waals surface area contributed by atoms with Gasteiger partial charge in [0.2, 0.25) is 0 Å². The molecule has 0 unspecified atom stereocenters. The standard InChI is InChI=1S/C16H26O6/c1-4-5-6-7-8-9-13(3)22-15(19)10-12(2)16(20)21-11-14(17)18/h13H,2,4-11H2,1,3H3,(H,17,18)/t13-/m1/s1. The van der Waals surface area contributed by atoms with E-state index < -0.39 is 24.5 Å². The summed E-state index contributed by atoms with van der Waals surface area (Å²) < 4.78 is 9.61. The Kier molecular flexibility index (Phi) is 10.8. The molecule has 0 heterocycles. The Hall–Kier alpha value is -1.85. The van der Waals surface area contributed by atoms with E-state index in [1.165, 1.54) is 19.3 Å². The predicted molar refractivity (Wildman–Crippen MR) is 81.3 cm³/mol. The van der Waals surface area contributed by atoms with Crippen LogP contribution in [0.5, 0.6) is 0 Å². The van der Waals surface area contributed by atoms with Gasteiger partial charge in [0.1, 0.15) is 0 Å². The highest BCUT2D eigenvalue weighted by Crippen LogP contribution is 2.11. The number of aliphatic carboxylic acids is 1. The molecule has 0 bridgehead atoms. The third-order valence-corrected chi connectivity index (χ3v) is 3.02. The van der Waals surface area contributed by atoms with E-state index in [0.29, 0.717) is 0 Å². The van der Waals surface area contributed by atoms with Crippen molar-refractivity contribution in [3.8, 4) is 0 Å². The van der Waals surface area contributed by atoms with Gasteiger partial charge in [-0.3, -0.25) is 4.79 Å². The molecule has 0 aliphatic rings. The van der Waals surface area contributed by atoms with Gasteiger partial charge in [-0.05, 0) is 19.8 Å². The monoisotopic (exact) mass is 314 g/mol. The summed E-state index contributed by atoms with van der Waals surface area (Å²) in [6, 6.07) is 0. The van der Waals surface area contributed by atoms with Crippen molar-refractivity contribution in [3.63, 3.8) is 0 Å². The van der Waals surface area contributed by atoms with Crippen LogP contribution in [0.2, 0.25) is 0 Å². The van der Waals surface area contributed by atoms with Crippen LogP contribution >= 0.6 is 0 Å². The molecule has 22 heavy (non-hydrogen) atoms. The fourth-order valence-corrected chi connectivity index (χ4v) is 1.84. The van der Waals surface area contributed by atoms with E-state index in [1.54, 1.807) is 0 Å². The average molecular weight is 314 g/mol. The first-order valence-electron chi connectivity index (χ1n) is 7.63. The van der Waals surface area contributed by atoms with Crippen LogP contribution in [0.3, 0.4) is 0 Å². The number of carbonyl (C=O) groups is 3. The Labute approximate surface area is 131 Å². The van der Waals surface area contributed by atoms with Gasteiger partial charge in [-0.15, -0.1) is 0 Å². The van der Waals surface area contributed by atoms with Crippen molar-refractivity contribution in [2.24, 2.45) is 0 Å². The van der Waals surface area contributed by atoms with E-state index in [2.05, 4.69) is 18.2 Å². The highest BCUT2D eigenvalue weighted by atomic mass is 16.6. The number of hydrogen-bond acceptors (Lipinski definition) is 5. The van der Waals surface area contributed by atoms with Crippen LogP contribution in [0, 0.1) is 0 Å². The Morgan fingerprint density at radius 3 is 2.36 bits per heavy atom. The molecule has 0 aromatic carbocycles. The maximum absolute atomic E-state index is 11.6. The molecule has 0 saturated carbocycles. The molecule has 6 heteroatoms. The van der Waals surface area contributed by atoms with Crippen molar-refractivity contribution in [1.82, 2.24) is 0 Å². The molecule has 0 aromatic rings. The minimum Gasteiger partial charge on any atom is -0.479 e. The second-order valence-corrected chi connectivity index (χ2v) is 5.25. The number of unbranched alkanes of at least 4 members (excludes halogenated alkanes) is 4. The van der Waals surface area contributed by atoms with E-state index in [1.807, 2.05) is 6.92 Å². The molecule has 0 amide bonds. The summed E-state index contributed by atoms with van der Waals surface area (Å²) in [7, 11) is 0. The molecule has 0 saturated heterocycles. The lowest BCUT2D eigenvalue weighted by atomic mass is 10.1. The zero-order valence-corrected chi connectivity index (χ0v) is 13.4. The van der Waals surface area contributed by atoms with Crippen LogP contribution in [0.1, 0.15) is 58.8 Å². The highest BCUT2D eigenvalue weighted by molar-refractivity contribution is 5.94. The fourth-order valence-electron chi connectivity index (χ4n) is 1.84. The number of ether oxygens (including phenoxy) is 2. The lowest BCUT2D eigenvalue weighted by Gasteiger charge is -2.13. The first kappa shape index (κ1) is 20.1.